The van der Waals surface area contributed by atoms with Crippen molar-refractivity contribution in [2.75, 3.05) is 20.3 Å². The van der Waals surface area contributed by atoms with E-state index >= 15 is 0 Å². The zero-order valence-electron chi connectivity index (χ0n) is 11.2. The second-order valence-electron chi connectivity index (χ2n) is 3.70. The summed E-state index contributed by atoms with van der Waals surface area (Å²) in [6.07, 6.45) is 2.07. The van der Waals surface area contributed by atoms with Gasteiger partial charge in [-0.1, -0.05) is 19.4 Å². The highest BCUT2D eigenvalue weighted by Gasteiger charge is 2.16. The molecule has 0 aliphatic rings. The van der Waals surface area contributed by atoms with Crippen molar-refractivity contribution in [1.82, 2.24) is 0 Å². The first-order valence-corrected chi connectivity index (χ1v) is 6.23. The summed E-state index contributed by atoms with van der Waals surface area (Å²) in [5.74, 6) is 2.29. The lowest BCUT2D eigenvalue weighted by molar-refractivity contribution is 0.270. The molecule has 1 aromatic rings. The van der Waals surface area contributed by atoms with Crippen molar-refractivity contribution in [2.24, 2.45) is 0 Å². The van der Waals surface area contributed by atoms with Crippen LogP contribution in [0.25, 0.3) is 0 Å². The molecule has 0 atom stereocenters. The Morgan fingerprint density at radius 1 is 0.941 bits per heavy atom. The van der Waals surface area contributed by atoms with Gasteiger partial charge in [-0.05, 0) is 31.9 Å². The molecule has 0 aliphatic heterocycles. The minimum Gasteiger partial charge on any atom is -0.493 e. The van der Waals surface area contributed by atoms with E-state index < -0.39 is 0 Å². The first-order chi connectivity index (χ1) is 8.28. The smallest absolute Gasteiger partial charge is 0.203 e. The van der Waals surface area contributed by atoms with Crippen LogP contribution in [0.4, 0.5) is 0 Å². The molecule has 0 amide bonds. The number of ether oxygens (including phenoxy) is 3. The van der Waals surface area contributed by atoms with Crippen LogP contribution in [0.15, 0.2) is 12.1 Å². The van der Waals surface area contributed by atoms with Crippen molar-refractivity contribution >= 4 is 0 Å². The Labute approximate surface area is 104 Å². The molecule has 1 rings (SSSR count). The summed E-state index contributed by atoms with van der Waals surface area (Å²) < 4.78 is 16.7. The molecule has 0 aromatic heterocycles. The van der Waals surface area contributed by atoms with Gasteiger partial charge >= 0.3 is 0 Å². The van der Waals surface area contributed by atoms with Crippen LogP contribution in [0.1, 0.15) is 32.8 Å². The second-order valence-corrected chi connectivity index (χ2v) is 3.70. The Kier molecular flexibility index (Phi) is 5.67. The molecule has 0 fully saturated rings. The fourth-order valence-electron chi connectivity index (χ4n) is 1.80. The lowest BCUT2D eigenvalue weighted by atomic mass is 10.1. The van der Waals surface area contributed by atoms with Crippen LogP contribution in [0.5, 0.6) is 17.2 Å². The zero-order valence-corrected chi connectivity index (χ0v) is 11.2. The van der Waals surface area contributed by atoms with Crippen LogP contribution in [0, 0.1) is 0 Å². The number of methoxy groups -OCH3 is 1. The van der Waals surface area contributed by atoms with Crippen LogP contribution in [-0.2, 0) is 6.42 Å². The minimum atomic E-state index is 0.603. The van der Waals surface area contributed by atoms with Gasteiger partial charge in [0, 0.05) is 0 Å². The molecule has 17 heavy (non-hydrogen) atoms. The third kappa shape index (κ3) is 3.29. The second kappa shape index (κ2) is 7.05. The summed E-state index contributed by atoms with van der Waals surface area (Å²) in [6.45, 7) is 7.32. The molecular weight excluding hydrogens is 216 g/mol. The van der Waals surface area contributed by atoms with E-state index in [4.69, 9.17) is 14.2 Å². The maximum absolute atomic E-state index is 5.71. The Balaban J connectivity index is 3.20. The maximum atomic E-state index is 5.71. The van der Waals surface area contributed by atoms with Crippen molar-refractivity contribution in [3.63, 3.8) is 0 Å². The summed E-state index contributed by atoms with van der Waals surface area (Å²) in [6, 6.07) is 3.99. The van der Waals surface area contributed by atoms with Crippen molar-refractivity contribution < 1.29 is 14.2 Å². The normalized spacial score (nSPS) is 10.1. The Hall–Kier alpha value is -1.38. The third-order valence-corrected chi connectivity index (χ3v) is 2.47. The topological polar surface area (TPSA) is 27.7 Å². The van der Waals surface area contributed by atoms with Gasteiger partial charge in [-0.3, -0.25) is 0 Å². The monoisotopic (exact) mass is 238 g/mol. The van der Waals surface area contributed by atoms with Crippen LogP contribution < -0.4 is 14.2 Å². The van der Waals surface area contributed by atoms with E-state index in [-0.39, 0.29) is 0 Å². The fraction of sp³-hybridized carbons (Fsp3) is 0.571. The number of hydrogen-bond donors (Lipinski definition) is 0. The fourth-order valence-corrected chi connectivity index (χ4v) is 1.80. The third-order valence-electron chi connectivity index (χ3n) is 2.47. The number of hydrogen-bond acceptors (Lipinski definition) is 3. The van der Waals surface area contributed by atoms with E-state index in [0.29, 0.717) is 13.2 Å². The van der Waals surface area contributed by atoms with Gasteiger partial charge in [-0.15, -0.1) is 0 Å². The molecular formula is C14H22O3. The van der Waals surface area contributed by atoms with Gasteiger partial charge in [-0.25, -0.2) is 0 Å². The van der Waals surface area contributed by atoms with E-state index in [1.807, 2.05) is 19.9 Å². The van der Waals surface area contributed by atoms with Gasteiger partial charge in [0.05, 0.1) is 20.3 Å². The average Bonchev–Trinajstić information content (AvgIpc) is 2.34. The van der Waals surface area contributed by atoms with E-state index in [1.54, 1.807) is 7.11 Å². The van der Waals surface area contributed by atoms with Crippen LogP contribution >= 0.6 is 0 Å². The van der Waals surface area contributed by atoms with E-state index in [0.717, 1.165) is 30.1 Å². The number of benzene rings is 1. The molecule has 96 valence electrons. The van der Waals surface area contributed by atoms with Gasteiger partial charge in [0.15, 0.2) is 11.5 Å². The molecule has 3 nitrogen and oxygen atoms in total. The molecule has 0 saturated carbocycles. The average molecular weight is 238 g/mol. The molecule has 0 spiro atoms. The molecule has 3 heteroatoms. The summed E-state index contributed by atoms with van der Waals surface area (Å²) in [4.78, 5) is 0. The standard InChI is InChI=1S/C14H22O3/c1-5-8-11-9-10-12(15-4)14(17-7-3)13(11)16-6-2/h9-10H,5-8H2,1-4H3. The Bertz CT molecular complexity index is 348. The SMILES string of the molecule is CCCc1ccc(OC)c(OCC)c1OCC. The minimum absolute atomic E-state index is 0.603. The van der Waals surface area contributed by atoms with Crippen LogP contribution in [0.2, 0.25) is 0 Å². The van der Waals surface area contributed by atoms with Crippen LogP contribution in [-0.4, -0.2) is 20.3 Å². The highest BCUT2D eigenvalue weighted by atomic mass is 16.5. The number of rotatable bonds is 7. The predicted molar refractivity (Wildman–Crippen MR) is 69.3 cm³/mol. The first-order valence-electron chi connectivity index (χ1n) is 6.23. The van der Waals surface area contributed by atoms with E-state index in [9.17, 15) is 0 Å². The van der Waals surface area contributed by atoms with Gasteiger partial charge in [0.1, 0.15) is 0 Å². The highest BCUT2D eigenvalue weighted by Crippen LogP contribution is 2.40. The van der Waals surface area contributed by atoms with Gasteiger partial charge in [0.2, 0.25) is 5.75 Å². The van der Waals surface area contributed by atoms with Crippen molar-refractivity contribution in [2.45, 2.75) is 33.6 Å². The lowest BCUT2D eigenvalue weighted by Gasteiger charge is -2.17. The maximum Gasteiger partial charge on any atom is 0.203 e. The van der Waals surface area contributed by atoms with Crippen molar-refractivity contribution in [3.8, 4) is 17.2 Å². The molecule has 0 radical (unpaired) electrons. The quantitative estimate of drug-likeness (QED) is 0.728. The molecule has 0 saturated heterocycles. The zero-order chi connectivity index (χ0) is 12.7. The molecule has 0 aliphatic carbocycles. The van der Waals surface area contributed by atoms with E-state index in [1.165, 1.54) is 5.56 Å². The van der Waals surface area contributed by atoms with Crippen molar-refractivity contribution in [1.29, 1.82) is 0 Å². The molecule has 0 unspecified atom stereocenters. The van der Waals surface area contributed by atoms with Gasteiger partial charge in [0.25, 0.3) is 0 Å². The first kappa shape index (κ1) is 13.7. The Morgan fingerprint density at radius 3 is 2.12 bits per heavy atom. The largest absolute Gasteiger partial charge is 0.493 e. The van der Waals surface area contributed by atoms with Crippen LogP contribution in [0.3, 0.4) is 0 Å². The number of aryl methyl sites for hydroxylation is 1. The summed E-state index contributed by atoms with van der Waals surface area (Å²) in [5, 5.41) is 0. The summed E-state index contributed by atoms with van der Waals surface area (Å²) in [7, 11) is 1.65. The van der Waals surface area contributed by atoms with Crippen molar-refractivity contribution in [3.05, 3.63) is 17.7 Å². The predicted octanol–water partition coefficient (Wildman–Crippen LogP) is 3.45. The van der Waals surface area contributed by atoms with Gasteiger partial charge < -0.3 is 14.2 Å². The molecule has 0 heterocycles. The molecule has 1 aromatic carbocycles. The summed E-state index contributed by atoms with van der Waals surface area (Å²) in [5.41, 5.74) is 1.18. The molecule has 0 bridgehead atoms. The summed E-state index contributed by atoms with van der Waals surface area (Å²) >= 11 is 0. The van der Waals surface area contributed by atoms with Gasteiger partial charge in [-0.2, -0.15) is 0 Å². The highest BCUT2D eigenvalue weighted by molar-refractivity contribution is 5.55. The lowest BCUT2D eigenvalue weighted by Crippen LogP contribution is -2.03. The molecule has 0 N–H and O–H groups in total. The Morgan fingerprint density at radius 2 is 1.59 bits per heavy atom. The van der Waals surface area contributed by atoms with E-state index in [2.05, 4.69) is 13.0 Å².